The van der Waals surface area contributed by atoms with Gasteiger partial charge in [-0.05, 0) is 37.5 Å². The maximum atomic E-state index is 13.9. The first-order valence-corrected chi connectivity index (χ1v) is 6.94. The molecule has 0 heterocycles. The Balaban J connectivity index is 2.07. The van der Waals surface area contributed by atoms with Crippen molar-refractivity contribution in [2.24, 2.45) is 5.84 Å². The molecule has 0 fully saturated rings. The van der Waals surface area contributed by atoms with E-state index in [-0.39, 0.29) is 11.9 Å². The number of rotatable bonds is 5. The molecule has 0 aromatic heterocycles. The van der Waals surface area contributed by atoms with Gasteiger partial charge >= 0.3 is 0 Å². The average molecular weight is 293 g/mol. The van der Waals surface area contributed by atoms with E-state index in [2.05, 4.69) is 36.6 Å². The Labute approximate surface area is 123 Å². The molecule has 1 atom stereocenters. The fourth-order valence-electron chi connectivity index (χ4n) is 2.18. The minimum atomic E-state index is -0.329. The maximum Gasteiger partial charge on any atom is 0.129 e. The molecule has 2 aromatic rings. The van der Waals surface area contributed by atoms with Crippen molar-refractivity contribution in [2.45, 2.75) is 25.8 Å². The van der Waals surface area contributed by atoms with Crippen molar-refractivity contribution in [3.63, 3.8) is 0 Å². The fraction of sp³-hybridized carbons (Fsp3) is 0.250. The summed E-state index contributed by atoms with van der Waals surface area (Å²) in [6.45, 7) is 2.05. The van der Waals surface area contributed by atoms with Crippen LogP contribution in [0.25, 0.3) is 0 Å². The molecule has 0 saturated heterocycles. The SMILES string of the molecule is Cc1ccc(CCC(NN)c2ccc(Cl)cc2F)cc1. The van der Waals surface area contributed by atoms with Gasteiger partial charge in [0, 0.05) is 16.6 Å². The van der Waals surface area contributed by atoms with Crippen molar-refractivity contribution >= 4 is 11.6 Å². The highest BCUT2D eigenvalue weighted by atomic mass is 35.5. The lowest BCUT2D eigenvalue weighted by Gasteiger charge is -2.17. The van der Waals surface area contributed by atoms with Crippen LogP contribution in [0, 0.1) is 12.7 Å². The predicted molar refractivity (Wildman–Crippen MR) is 81.0 cm³/mol. The summed E-state index contributed by atoms with van der Waals surface area (Å²) in [7, 11) is 0. The molecule has 4 heteroatoms. The second-order valence-corrected chi connectivity index (χ2v) is 5.35. The summed E-state index contributed by atoms with van der Waals surface area (Å²) >= 11 is 5.76. The Morgan fingerprint density at radius 2 is 1.90 bits per heavy atom. The molecule has 0 aliphatic rings. The van der Waals surface area contributed by atoms with Crippen molar-refractivity contribution in [1.82, 2.24) is 5.43 Å². The lowest BCUT2D eigenvalue weighted by Crippen LogP contribution is -2.29. The number of hydrogen-bond acceptors (Lipinski definition) is 2. The average Bonchev–Trinajstić information content (AvgIpc) is 2.43. The molecule has 3 N–H and O–H groups in total. The van der Waals surface area contributed by atoms with Crippen LogP contribution in [-0.4, -0.2) is 0 Å². The summed E-state index contributed by atoms with van der Waals surface area (Å²) in [4.78, 5) is 0. The molecule has 1 unspecified atom stereocenters. The Kier molecular flexibility index (Phi) is 5.12. The Morgan fingerprint density at radius 3 is 2.50 bits per heavy atom. The molecule has 0 radical (unpaired) electrons. The lowest BCUT2D eigenvalue weighted by molar-refractivity contribution is 0.485. The standard InChI is InChI=1S/C16H18ClFN2/c1-11-2-4-12(5-3-11)6-9-16(20-19)14-8-7-13(17)10-15(14)18/h2-5,7-8,10,16,20H,6,9,19H2,1H3. The third-order valence-electron chi connectivity index (χ3n) is 3.38. The highest BCUT2D eigenvalue weighted by Crippen LogP contribution is 2.24. The van der Waals surface area contributed by atoms with E-state index in [1.54, 1.807) is 12.1 Å². The number of aryl methyl sites for hydroxylation is 2. The normalized spacial score (nSPS) is 12.4. The molecule has 106 valence electrons. The first kappa shape index (κ1) is 15.0. The van der Waals surface area contributed by atoms with E-state index in [0.29, 0.717) is 10.6 Å². The summed E-state index contributed by atoms with van der Waals surface area (Å²) in [5.74, 6) is 5.22. The van der Waals surface area contributed by atoms with E-state index in [1.807, 2.05) is 0 Å². The number of hydrazine groups is 1. The van der Waals surface area contributed by atoms with Crippen molar-refractivity contribution in [1.29, 1.82) is 0 Å². The highest BCUT2D eigenvalue weighted by Gasteiger charge is 2.14. The third kappa shape index (κ3) is 3.79. The quantitative estimate of drug-likeness (QED) is 0.647. The Bertz CT molecular complexity index is 569. The van der Waals surface area contributed by atoms with Crippen LogP contribution in [0.15, 0.2) is 42.5 Å². The van der Waals surface area contributed by atoms with Crippen LogP contribution < -0.4 is 11.3 Å². The molecular formula is C16H18ClFN2. The molecule has 0 bridgehead atoms. The summed E-state index contributed by atoms with van der Waals surface area (Å²) in [6.07, 6.45) is 1.55. The van der Waals surface area contributed by atoms with E-state index >= 15 is 0 Å². The zero-order valence-electron chi connectivity index (χ0n) is 11.4. The predicted octanol–water partition coefficient (Wildman–Crippen LogP) is 3.92. The highest BCUT2D eigenvalue weighted by molar-refractivity contribution is 6.30. The van der Waals surface area contributed by atoms with E-state index in [9.17, 15) is 4.39 Å². The number of nitrogens with one attached hydrogen (secondary N) is 1. The van der Waals surface area contributed by atoms with Gasteiger partial charge in [-0.25, -0.2) is 4.39 Å². The van der Waals surface area contributed by atoms with Gasteiger partial charge in [0.25, 0.3) is 0 Å². The molecule has 0 aliphatic carbocycles. The minimum Gasteiger partial charge on any atom is -0.271 e. The van der Waals surface area contributed by atoms with Crippen molar-refractivity contribution < 1.29 is 4.39 Å². The first-order valence-electron chi connectivity index (χ1n) is 6.57. The molecule has 2 rings (SSSR count). The van der Waals surface area contributed by atoms with Crippen LogP contribution >= 0.6 is 11.6 Å². The van der Waals surface area contributed by atoms with Crippen LogP contribution in [0.4, 0.5) is 4.39 Å². The van der Waals surface area contributed by atoms with E-state index in [4.69, 9.17) is 17.4 Å². The zero-order valence-corrected chi connectivity index (χ0v) is 12.1. The molecule has 0 aliphatic heterocycles. The molecule has 0 spiro atoms. The second kappa shape index (κ2) is 6.84. The largest absolute Gasteiger partial charge is 0.271 e. The Morgan fingerprint density at radius 1 is 1.20 bits per heavy atom. The van der Waals surface area contributed by atoms with Gasteiger partial charge < -0.3 is 0 Å². The van der Waals surface area contributed by atoms with Gasteiger partial charge in [-0.3, -0.25) is 11.3 Å². The second-order valence-electron chi connectivity index (χ2n) is 4.91. The van der Waals surface area contributed by atoms with Crippen LogP contribution in [-0.2, 0) is 6.42 Å². The molecule has 2 aromatic carbocycles. The van der Waals surface area contributed by atoms with E-state index < -0.39 is 0 Å². The molecule has 0 saturated carbocycles. The van der Waals surface area contributed by atoms with Crippen molar-refractivity contribution in [3.05, 3.63) is 70.0 Å². The third-order valence-corrected chi connectivity index (χ3v) is 3.62. The van der Waals surface area contributed by atoms with Gasteiger partial charge in [0.1, 0.15) is 5.82 Å². The zero-order chi connectivity index (χ0) is 14.5. The van der Waals surface area contributed by atoms with Gasteiger partial charge in [0.15, 0.2) is 0 Å². The van der Waals surface area contributed by atoms with Gasteiger partial charge in [0.2, 0.25) is 0 Å². The summed E-state index contributed by atoms with van der Waals surface area (Å²) in [5, 5.41) is 0.389. The van der Waals surface area contributed by atoms with E-state index in [0.717, 1.165) is 12.8 Å². The monoisotopic (exact) mass is 292 g/mol. The Hall–Kier alpha value is -1.42. The van der Waals surface area contributed by atoms with Crippen LogP contribution in [0.5, 0.6) is 0 Å². The molecule has 0 amide bonds. The molecule has 2 nitrogen and oxygen atoms in total. The van der Waals surface area contributed by atoms with Gasteiger partial charge in [-0.1, -0.05) is 47.5 Å². The van der Waals surface area contributed by atoms with Crippen molar-refractivity contribution in [2.75, 3.05) is 0 Å². The summed E-state index contributed by atoms with van der Waals surface area (Å²) in [6, 6.07) is 12.8. The number of halogens is 2. The summed E-state index contributed by atoms with van der Waals surface area (Å²) < 4.78 is 13.9. The number of hydrogen-bond donors (Lipinski definition) is 2. The minimum absolute atomic E-state index is 0.228. The van der Waals surface area contributed by atoms with E-state index in [1.165, 1.54) is 17.2 Å². The van der Waals surface area contributed by atoms with Crippen molar-refractivity contribution in [3.8, 4) is 0 Å². The lowest BCUT2D eigenvalue weighted by atomic mass is 9.98. The van der Waals surface area contributed by atoms with Crippen LogP contribution in [0.3, 0.4) is 0 Å². The first-order chi connectivity index (χ1) is 9.60. The molecule has 20 heavy (non-hydrogen) atoms. The van der Waals surface area contributed by atoms with Gasteiger partial charge in [0.05, 0.1) is 0 Å². The van der Waals surface area contributed by atoms with Crippen LogP contribution in [0.1, 0.15) is 29.2 Å². The smallest absolute Gasteiger partial charge is 0.129 e. The maximum absolute atomic E-state index is 13.9. The number of benzene rings is 2. The fourth-order valence-corrected chi connectivity index (χ4v) is 2.34. The van der Waals surface area contributed by atoms with Gasteiger partial charge in [-0.15, -0.1) is 0 Å². The molecular weight excluding hydrogens is 275 g/mol. The van der Waals surface area contributed by atoms with Gasteiger partial charge in [-0.2, -0.15) is 0 Å². The topological polar surface area (TPSA) is 38.0 Å². The summed E-state index contributed by atoms with van der Waals surface area (Å²) in [5.41, 5.74) is 5.66. The number of nitrogens with two attached hydrogens (primary N) is 1. The van der Waals surface area contributed by atoms with Crippen LogP contribution in [0.2, 0.25) is 5.02 Å².